The summed E-state index contributed by atoms with van der Waals surface area (Å²) in [5.41, 5.74) is 2.17. The van der Waals surface area contributed by atoms with Crippen LogP contribution in [0.25, 0.3) is 0 Å². The number of ether oxygens (including phenoxy) is 1. The fourth-order valence-corrected chi connectivity index (χ4v) is 3.69. The van der Waals surface area contributed by atoms with Gasteiger partial charge in [-0.1, -0.05) is 12.8 Å². The second-order valence-electron chi connectivity index (χ2n) is 7.35. The van der Waals surface area contributed by atoms with Gasteiger partial charge in [-0.25, -0.2) is 4.98 Å². The van der Waals surface area contributed by atoms with E-state index in [1.165, 1.54) is 12.8 Å². The normalized spacial score (nSPS) is 17.1. The van der Waals surface area contributed by atoms with E-state index in [0.29, 0.717) is 43.5 Å². The van der Waals surface area contributed by atoms with Crippen LogP contribution < -0.4 is 10.1 Å². The second-order valence-corrected chi connectivity index (χ2v) is 7.35. The molecular formula is C19H28N4O3. The molecule has 0 spiro atoms. The number of carbonyl (C=O) groups excluding carboxylic acids is 2. The molecule has 0 aromatic carbocycles. The molecule has 2 aliphatic rings. The topological polar surface area (TPSA) is 74.8 Å². The molecule has 1 aliphatic carbocycles. The number of pyridine rings is 1. The van der Waals surface area contributed by atoms with Crippen molar-refractivity contribution in [2.24, 2.45) is 0 Å². The van der Waals surface area contributed by atoms with E-state index >= 15 is 0 Å². The van der Waals surface area contributed by atoms with Crippen LogP contribution in [0.1, 0.15) is 53.7 Å². The van der Waals surface area contributed by atoms with Crippen LogP contribution in [0, 0.1) is 0 Å². The maximum atomic E-state index is 12.8. The third kappa shape index (κ3) is 3.98. The Labute approximate surface area is 154 Å². The lowest BCUT2D eigenvalue weighted by Crippen LogP contribution is -2.33. The molecule has 1 aromatic heterocycles. The minimum Gasteiger partial charge on any atom is -0.481 e. The van der Waals surface area contributed by atoms with Crippen molar-refractivity contribution >= 4 is 11.8 Å². The third-order valence-corrected chi connectivity index (χ3v) is 5.17. The fourth-order valence-electron chi connectivity index (χ4n) is 3.69. The first-order valence-corrected chi connectivity index (χ1v) is 9.28. The summed E-state index contributed by atoms with van der Waals surface area (Å²) in [7, 11) is 5.43. The molecule has 2 heterocycles. The highest BCUT2D eigenvalue weighted by atomic mass is 16.5. The summed E-state index contributed by atoms with van der Waals surface area (Å²) in [4.78, 5) is 33.2. The molecule has 1 fully saturated rings. The Morgan fingerprint density at radius 1 is 1.38 bits per heavy atom. The summed E-state index contributed by atoms with van der Waals surface area (Å²) in [5, 5.41) is 2.89. The van der Waals surface area contributed by atoms with Crippen LogP contribution >= 0.6 is 0 Å². The Bertz CT molecular complexity index is 684. The molecule has 7 nitrogen and oxygen atoms in total. The maximum absolute atomic E-state index is 12.8. The van der Waals surface area contributed by atoms with Gasteiger partial charge in [-0.05, 0) is 33.0 Å². The van der Waals surface area contributed by atoms with E-state index in [-0.39, 0.29) is 11.8 Å². The number of nitrogens with zero attached hydrogens (tertiary/aromatic N) is 3. The van der Waals surface area contributed by atoms with Crippen molar-refractivity contribution in [1.82, 2.24) is 20.1 Å². The molecule has 1 aromatic rings. The van der Waals surface area contributed by atoms with E-state index < -0.39 is 0 Å². The van der Waals surface area contributed by atoms with E-state index in [9.17, 15) is 9.59 Å². The monoisotopic (exact) mass is 360 g/mol. The van der Waals surface area contributed by atoms with Crippen molar-refractivity contribution in [3.8, 4) is 5.88 Å². The Hall–Kier alpha value is -2.15. The number of hydrogen-bond donors (Lipinski definition) is 1. The second kappa shape index (κ2) is 8.03. The summed E-state index contributed by atoms with van der Waals surface area (Å²) < 4.78 is 5.40. The predicted molar refractivity (Wildman–Crippen MR) is 97.9 cm³/mol. The van der Waals surface area contributed by atoms with Gasteiger partial charge in [0.25, 0.3) is 5.91 Å². The molecule has 2 amide bonds. The van der Waals surface area contributed by atoms with Gasteiger partial charge in [0.05, 0.1) is 24.9 Å². The van der Waals surface area contributed by atoms with Crippen LogP contribution in [0.3, 0.4) is 0 Å². The summed E-state index contributed by atoms with van der Waals surface area (Å²) in [6, 6.07) is 2.17. The van der Waals surface area contributed by atoms with Crippen LogP contribution in [-0.4, -0.2) is 60.4 Å². The fraction of sp³-hybridized carbons (Fsp3) is 0.632. The highest BCUT2D eigenvalue weighted by Crippen LogP contribution is 2.33. The molecule has 1 N–H and O–H groups in total. The van der Waals surface area contributed by atoms with Crippen molar-refractivity contribution < 1.29 is 14.3 Å². The van der Waals surface area contributed by atoms with E-state index in [4.69, 9.17) is 4.74 Å². The summed E-state index contributed by atoms with van der Waals surface area (Å²) in [5.74, 6) is 0.514. The predicted octanol–water partition coefficient (Wildman–Crippen LogP) is 1.56. The van der Waals surface area contributed by atoms with E-state index in [1.54, 1.807) is 7.11 Å². The molecule has 1 saturated carbocycles. The van der Waals surface area contributed by atoms with Gasteiger partial charge in [-0.15, -0.1) is 0 Å². The molecule has 0 bridgehead atoms. The van der Waals surface area contributed by atoms with E-state index in [0.717, 1.165) is 24.1 Å². The molecule has 0 unspecified atom stereocenters. The van der Waals surface area contributed by atoms with Crippen LogP contribution in [0.15, 0.2) is 6.07 Å². The zero-order chi connectivity index (χ0) is 18.7. The van der Waals surface area contributed by atoms with Gasteiger partial charge in [0, 0.05) is 31.1 Å². The first kappa shape index (κ1) is 18.6. The summed E-state index contributed by atoms with van der Waals surface area (Å²) in [6.07, 6.45) is 4.96. The molecular weight excluding hydrogens is 332 g/mol. The first-order chi connectivity index (χ1) is 12.5. The van der Waals surface area contributed by atoms with Crippen molar-refractivity contribution in [2.45, 2.75) is 51.2 Å². The maximum Gasteiger partial charge on any atom is 0.256 e. The van der Waals surface area contributed by atoms with Crippen LogP contribution in [0.2, 0.25) is 0 Å². The van der Waals surface area contributed by atoms with Gasteiger partial charge in [0.1, 0.15) is 0 Å². The number of nitrogens with one attached hydrogen (secondary N) is 1. The van der Waals surface area contributed by atoms with E-state index in [2.05, 4.69) is 10.3 Å². The van der Waals surface area contributed by atoms with Gasteiger partial charge in [-0.2, -0.15) is 0 Å². The number of rotatable bonds is 7. The molecule has 7 heteroatoms. The van der Waals surface area contributed by atoms with Crippen LogP contribution in [0.4, 0.5) is 0 Å². The Kier molecular flexibility index (Phi) is 5.76. The lowest BCUT2D eigenvalue weighted by molar-refractivity contribution is -0.121. The van der Waals surface area contributed by atoms with Crippen molar-refractivity contribution in [3.63, 3.8) is 0 Å². The quantitative estimate of drug-likeness (QED) is 0.799. The van der Waals surface area contributed by atoms with Gasteiger partial charge < -0.3 is 19.9 Å². The number of amides is 2. The number of aromatic nitrogens is 1. The Morgan fingerprint density at radius 2 is 2.12 bits per heavy atom. The molecule has 0 saturated heterocycles. The third-order valence-electron chi connectivity index (χ3n) is 5.17. The number of fused-ring (bicyclic) bond motifs is 1. The number of methoxy groups -OCH3 is 1. The number of carbonyl (C=O) groups is 2. The number of hydrogen-bond acceptors (Lipinski definition) is 5. The highest BCUT2D eigenvalue weighted by Gasteiger charge is 2.35. The average Bonchev–Trinajstić information content (AvgIpc) is 3.25. The van der Waals surface area contributed by atoms with Crippen LogP contribution in [0.5, 0.6) is 5.88 Å². The minimum absolute atomic E-state index is 0.0276. The van der Waals surface area contributed by atoms with Crippen molar-refractivity contribution in [1.29, 1.82) is 0 Å². The molecule has 3 rings (SSSR count). The smallest absolute Gasteiger partial charge is 0.256 e. The first-order valence-electron chi connectivity index (χ1n) is 9.28. The van der Waals surface area contributed by atoms with Gasteiger partial charge in [-0.3, -0.25) is 9.59 Å². The van der Waals surface area contributed by atoms with E-state index in [1.807, 2.05) is 30.0 Å². The molecule has 0 atom stereocenters. The van der Waals surface area contributed by atoms with Crippen molar-refractivity contribution in [3.05, 3.63) is 22.9 Å². The Morgan fingerprint density at radius 3 is 2.77 bits per heavy atom. The molecule has 26 heavy (non-hydrogen) atoms. The molecule has 142 valence electrons. The largest absolute Gasteiger partial charge is 0.481 e. The lowest BCUT2D eigenvalue weighted by Gasteiger charge is -2.22. The summed E-state index contributed by atoms with van der Waals surface area (Å²) >= 11 is 0. The van der Waals surface area contributed by atoms with Gasteiger partial charge >= 0.3 is 0 Å². The van der Waals surface area contributed by atoms with Gasteiger partial charge in [0.2, 0.25) is 11.8 Å². The zero-order valence-corrected chi connectivity index (χ0v) is 15.9. The molecule has 1 aliphatic heterocycles. The lowest BCUT2D eigenvalue weighted by atomic mass is 10.1. The van der Waals surface area contributed by atoms with Crippen LogP contribution in [-0.2, 0) is 17.9 Å². The average molecular weight is 360 g/mol. The Balaban J connectivity index is 1.71. The summed E-state index contributed by atoms with van der Waals surface area (Å²) in [6.45, 7) is 1.57. The zero-order valence-electron chi connectivity index (χ0n) is 15.9. The molecule has 0 radical (unpaired) electrons. The standard InChI is InChI=1S/C19H28N4O3/c1-22(2)9-8-17(24)20-11-13-10-15-16(21-18(13)26-3)12-23(19(15)25)14-6-4-5-7-14/h10,14H,4-9,11-12H2,1-3H3,(H,20,24). The van der Waals surface area contributed by atoms with Gasteiger partial charge in [0.15, 0.2) is 0 Å². The highest BCUT2D eigenvalue weighted by molar-refractivity contribution is 5.98. The SMILES string of the molecule is COc1nc2c(cc1CNC(=O)CCN(C)C)C(=O)N(C1CCCC1)C2. The van der Waals surface area contributed by atoms with Crippen molar-refractivity contribution in [2.75, 3.05) is 27.7 Å². The minimum atomic E-state index is -0.0276.